The van der Waals surface area contributed by atoms with Crippen molar-refractivity contribution in [2.45, 2.75) is 64.7 Å². The molecule has 2 heterocycles. The van der Waals surface area contributed by atoms with Crippen molar-refractivity contribution in [3.63, 3.8) is 0 Å². The Balaban J connectivity index is 1.60. The molecule has 14 heteroatoms. The average Bonchev–Trinajstić information content (AvgIpc) is 3.50. The van der Waals surface area contributed by atoms with Crippen LogP contribution in [0.1, 0.15) is 63.8 Å². The van der Waals surface area contributed by atoms with Gasteiger partial charge in [-0.05, 0) is 59.4 Å². The molecule has 0 bridgehead atoms. The highest BCUT2D eigenvalue weighted by Gasteiger charge is 2.41. The third-order valence-electron chi connectivity index (χ3n) is 7.80. The van der Waals surface area contributed by atoms with Gasteiger partial charge in [-0.3, -0.25) is 19.2 Å². The smallest absolute Gasteiger partial charge is 0.418 e. The first-order valence-electron chi connectivity index (χ1n) is 15.1. The van der Waals surface area contributed by atoms with Gasteiger partial charge in [0.1, 0.15) is 23.0 Å². The van der Waals surface area contributed by atoms with E-state index in [1.54, 1.807) is 41.5 Å². The minimum atomic E-state index is -4.98. The van der Waals surface area contributed by atoms with Crippen molar-refractivity contribution in [1.29, 1.82) is 0 Å². The number of amides is 4. The van der Waals surface area contributed by atoms with Crippen LogP contribution in [-0.2, 0) is 42.4 Å². The predicted molar refractivity (Wildman–Crippen MR) is 170 cm³/mol. The van der Waals surface area contributed by atoms with E-state index in [1.807, 2.05) is 0 Å². The van der Waals surface area contributed by atoms with E-state index in [0.29, 0.717) is 33.1 Å². The molecule has 0 saturated heterocycles. The van der Waals surface area contributed by atoms with Gasteiger partial charge in [-0.1, -0.05) is 41.5 Å². The van der Waals surface area contributed by atoms with Crippen molar-refractivity contribution in [3.8, 4) is 23.0 Å². The van der Waals surface area contributed by atoms with Crippen molar-refractivity contribution in [3.05, 3.63) is 95.1 Å². The summed E-state index contributed by atoms with van der Waals surface area (Å²) >= 11 is 0. The number of anilines is 2. The average molecular weight is 701 g/mol. The minimum Gasteiger partial charge on any atom is -0.457 e. The molecule has 8 nitrogen and oxygen atoms in total. The Kier molecular flexibility index (Phi) is 8.74. The lowest BCUT2D eigenvalue weighted by Crippen LogP contribution is -2.31. The Bertz CT molecular complexity index is 1820. The van der Waals surface area contributed by atoms with Gasteiger partial charge in [-0.2, -0.15) is 26.3 Å². The molecule has 4 amide bonds. The van der Waals surface area contributed by atoms with Crippen molar-refractivity contribution < 1.29 is 55.0 Å². The van der Waals surface area contributed by atoms with Gasteiger partial charge >= 0.3 is 12.4 Å². The number of carbonyl (C=O) groups excluding carboxylic acids is 4. The molecule has 2 aliphatic rings. The molecule has 0 aromatic heterocycles. The number of hydrogen-bond acceptors (Lipinski definition) is 6. The predicted octanol–water partition coefficient (Wildman–Crippen LogP) is 8.76. The van der Waals surface area contributed by atoms with Gasteiger partial charge in [0.2, 0.25) is 0 Å². The zero-order valence-electron chi connectivity index (χ0n) is 27.5. The second kappa shape index (κ2) is 12.2. The van der Waals surface area contributed by atoms with E-state index >= 15 is 0 Å². The van der Waals surface area contributed by atoms with Crippen LogP contribution in [-0.4, -0.2) is 23.6 Å². The van der Waals surface area contributed by atoms with Crippen molar-refractivity contribution in [1.82, 2.24) is 0 Å². The summed E-state index contributed by atoms with van der Waals surface area (Å²) in [6.45, 7) is 10.7. The molecule has 50 heavy (non-hydrogen) atoms. The van der Waals surface area contributed by atoms with Crippen molar-refractivity contribution in [2.24, 2.45) is 0 Å². The maximum atomic E-state index is 14.2. The number of benzene rings is 3. The van der Waals surface area contributed by atoms with Crippen molar-refractivity contribution in [2.75, 3.05) is 9.80 Å². The zero-order valence-corrected chi connectivity index (χ0v) is 27.5. The first kappa shape index (κ1) is 35.9. The van der Waals surface area contributed by atoms with E-state index < -0.39 is 69.3 Å². The van der Waals surface area contributed by atoms with Gasteiger partial charge in [0, 0.05) is 35.4 Å². The van der Waals surface area contributed by atoms with Gasteiger partial charge < -0.3 is 9.47 Å². The van der Waals surface area contributed by atoms with Crippen LogP contribution < -0.4 is 19.3 Å². The summed E-state index contributed by atoms with van der Waals surface area (Å²) in [5.41, 5.74) is -4.57. The quantitative estimate of drug-likeness (QED) is 0.189. The normalized spacial score (nSPS) is 15.5. The number of rotatable bonds is 6. The summed E-state index contributed by atoms with van der Waals surface area (Å²) in [7, 11) is 0. The lowest BCUT2D eigenvalue weighted by Gasteiger charge is -2.29. The summed E-state index contributed by atoms with van der Waals surface area (Å²) in [5, 5.41) is 0. The maximum Gasteiger partial charge on any atom is 0.418 e. The molecule has 5 rings (SSSR count). The van der Waals surface area contributed by atoms with E-state index in [1.165, 1.54) is 24.3 Å². The highest BCUT2D eigenvalue weighted by molar-refractivity contribution is 6.29. The third-order valence-corrected chi connectivity index (χ3v) is 7.80. The van der Waals surface area contributed by atoms with Crippen LogP contribution in [0.5, 0.6) is 23.0 Å². The molecule has 0 saturated carbocycles. The van der Waals surface area contributed by atoms with E-state index in [2.05, 4.69) is 0 Å². The van der Waals surface area contributed by atoms with Crippen LogP contribution in [0.15, 0.2) is 72.8 Å². The fourth-order valence-corrected chi connectivity index (χ4v) is 5.43. The van der Waals surface area contributed by atoms with Crippen LogP contribution in [0.25, 0.3) is 0 Å². The standard InChI is InChI=1S/C36H30F6N2O6/c1-33(2,3)23-17-28(50-20-8-10-26(22(16-20)36(40,41)42)44-31(47)13-14-32(44)48)24(34(4,5)6)18-27(23)49-19-7-9-25(21(15-19)35(37,38)39)43-29(45)11-12-30(43)46/h7-18H,1-6H3. The van der Waals surface area contributed by atoms with E-state index in [9.17, 15) is 45.5 Å². The number of halogens is 6. The first-order chi connectivity index (χ1) is 23.0. The number of alkyl halides is 6. The van der Waals surface area contributed by atoms with Crippen LogP contribution in [0, 0.1) is 0 Å². The number of carbonyl (C=O) groups is 4. The topological polar surface area (TPSA) is 93.2 Å². The number of ether oxygens (including phenoxy) is 2. The van der Waals surface area contributed by atoms with E-state index in [-0.39, 0.29) is 23.0 Å². The Morgan fingerprint density at radius 3 is 1.02 bits per heavy atom. The molecule has 3 aromatic carbocycles. The largest absolute Gasteiger partial charge is 0.457 e. The molecular weight excluding hydrogens is 670 g/mol. The zero-order chi connectivity index (χ0) is 37.1. The molecule has 262 valence electrons. The highest BCUT2D eigenvalue weighted by atomic mass is 19.4. The minimum absolute atomic E-state index is 0.121. The fourth-order valence-electron chi connectivity index (χ4n) is 5.43. The maximum absolute atomic E-state index is 14.2. The molecular formula is C36H30F6N2O6. The Labute approximate surface area is 282 Å². The van der Waals surface area contributed by atoms with Gasteiger partial charge in [0.05, 0.1) is 22.5 Å². The van der Waals surface area contributed by atoms with Gasteiger partial charge in [-0.15, -0.1) is 0 Å². The van der Waals surface area contributed by atoms with Gasteiger partial charge in [-0.25, -0.2) is 9.80 Å². The third kappa shape index (κ3) is 7.00. The van der Waals surface area contributed by atoms with E-state index in [4.69, 9.17) is 9.47 Å². The molecule has 0 radical (unpaired) electrons. The molecule has 0 aliphatic carbocycles. The van der Waals surface area contributed by atoms with Crippen LogP contribution in [0.4, 0.5) is 37.7 Å². The summed E-state index contributed by atoms with van der Waals surface area (Å²) in [5.74, 6) is -4.01. The second-order valence-corrected chi connectivity index (χ2v) is 13.6. The molecule has 0 N–H and O–H groups in total. The van der Waals surface area contributed by atoms with Gasteiger partial charge in [0.25, 0.3) is 23.6 Å². The Morgan fingerprint density at radius 1 is 0.460 bits per heavy atom. The Hall–Kier alpha value is -5.40. The lowest BCUT2D eigenvalue weighted by atomic mass is 9.81. The van der Waals surface area contributed by atoms with Crippen LogP contribution >= 0.6 is 0 Å². The first-order valence-corrected chi connectivity index (χ1v) is 15.1. The second-order valence-electron chi connectivity index (χ2n) is 13.6. The van der Waals surface area contributed by atoms with Crippen LogP contribution in [0.2, 0.25) is 0 Å². The van der Waals surface area contributed by atoms with Gasteiger partial charge in [0.15, 0.2) is 0 Å². The SMILES string of the molecule is CC(C)(C)c1cc(Oc2ccc(N3C(=O)C=CC3=O)c(C(F)(F)F)c2)c(C(C)(C)C)cc1Oc1ccc(N2C(=O)C=CC2=O)c(C(F)(F)F)c1. The summed E-state index contributed by atoms with van der Waals surface area (Å²) in [6.07, 6.45) is -6.49. The van der Waals surface area contributed by atoms with Crippen molar-refractivity contribution >= 4 is 35.0 Å². The summed E-state index contributed by atoms with van der Waals surface area (Å²) in [6, 6.07) is 8.69. The number of hydrogen-bond donors (Lipinski definition) is 0. The molecule has 3 aromatic rings. The molecule has 0 spiro atoms. The highest BCUT2D eigenvalue weighted by Crippen LogP contribution is 2.47. The summed E-state index contributed by atoms with van der Waals surface area (Å²) in [4.78, 5) is 49.5. The molecule has 0 unspecified atom stereocenters. The number of nitrogens with zero attached hydrogens (tertiary/aromatic N) is 2. The molecule has 2 aliphatic heterocycles. The fraction of sp³-hybridized carbons (Fsp3) is 0.278. The lowest BCUT2D eigenvalue weighted by molar-refractivity contribution is -0.138. The Morgan fingerprint density at radius 2 is 0.760 bits per heavy atom. The number of imide groups is 2. The van der Waals surface area contributed by atoms with E-state index in [0.717, 1.165) is 36.4 Å². The monoisotopic (exact) mass is 700 g/mol. The summed E-state index contributed by atoms with van der Waals surface area (Å²) < 4.78 is 97.5. The molecule has 0 fully saturated rings. The molecule has 0 atom stereocenters. The van der Waals surface area contributed by atoms with Crippen LogP contribution in [0.3, 0.4) is 0 Å².